The highest BCUT2D eigenvalue weighted by molar-refractivity contribution is 7.90. The summed E-state index contributed by atoms with van der Waals surface area (Å²) in [5.74, 6) is 1.45. The lowest BCUT2D eigenvalue weighted by Crippen LogP contribution is -2.03. The predicted molar refractivity (Wildman–Crippen MR) is 119 cm³/mol. The molecular weight excluding hydrogens is 404 g/mol. The zero-order valence-corrected chi connectivity index (χ0v) is 18.8. The van der Waals surface area contributed by atoms with Crippen molar-refractivity contribution >= 4 is 26.7 Å². The molecule has 5 nitrogen and oxygen atoms in total. The highest BCUT2D eigenvalue weighted by Crippen LogP contribution is 2.34. The number of aliphatic hydroxyl groups excluding tert-OH is 1. The highest BCUT2D eigenvalue weighted by Gasteiger charge is 2.17. The first-order chi connectivity index (χ1) is 13.6. The second-order valence-electron chi connectivity index (χ2n) is 7.68. The van der Waals surface area contributed by atoms with Crippen LogP contribution in [0, 0.1) is 5.92 Å². The molecule has 0 unspecified atom stereocenters. The van der Waals surface area contributed by atoms with Crippen LogP contribution in [0.5, 0.6) is 0 Å². The van der Waals surface area contributed by atoms with Gasteiger partial charge >= 0.3 is 0 Å². The zero-order chi connectivity index (χ0) is 21.3. The fourth-order valence-corrected chi connectivity index (χ4v) is 5.07. The highest BCUT2D eigenvalue weighted by atomic mass is 32.2. The molecule has 0 fully saturated rings. The summed E-state index contributed by atoms with van der Waals surface area (Å²) in [5, 5.41) is 10.5. The molecule has 2 aromatic heterocycles. The molecule has 0 saturated carbocycles. The molecule has 0 aliphatic carbocycles. The molecule has 0 saturated heterocycles. The van der Waals surface area contributed by atoms with Crippen molar-refractivity contribution in [3.8, 4) is 15.4 Å². The summed E-state index contributed by atoms with van der Waals surface area (Å²) < 4.78 is 26.3. The number of aliphatic hydroxyl groups is 1. The zero-order valence-electron chi connectivity index (χ0n) is 17.1. The first kappa shape index (κ1) is 21.5. The van der Waals surface area contributed by atoms with Gasteiger partial charge in [-0.15, -0.1) is 11.3 Å². The summed E-state index contributed by atoms with van der Waals surface area (Å²) in [5.41, 5.74) is 3.02. The maximum atomic E-state index is 12.1. The Labute approximate surface area is 176 Å². The fourth-order valence-electron chi connectivity index (χ4n) is 3.12. The smallest absolute Gasteiger partial charge is 0.175 e. The Bertz CT molecular complexity index is 1150. The van der Waals surface area contributed by atoms with Gasteiger partial charge in [-0.3, -0.25) is 4.57 Å². The van der Waals surface area contributed by atoms with E-state index < -0.39 is 9.84 Å². The van der Waals surface area contributed by atoms with E-state index >= 15 is 0 Å². The molecule has 7 heteroatoms. The molecule has 154 valence electrons. The molecule has 0 radical (unpaired) electrons. The average molecular weight is 431 g/mol. The van der Waals surface area contributed by atoms with Crippen LogP contribution in [0.2, 0.25) is 0 Å². The van der Waals surface area contributed by atoms with Crippen LogP contribution in [-0.2, 0) is 22.9 Å². The van der Waals surface area contributed by atoms with Crippen LogP contribution in [0.4, 0.5) is 0 Å². The van der Waals surface area contributed by atoms with Crippen LogP contribution in [0.3, 0.4) is 0 Å². The van der Waals surface area contributed by atoms with Gasteiger partial charge in [0.25, 0.3) is 0 Å². The van der Waals surface area contributed by atoms with Crippen LogP contribution < -0.4 is 0 Å². The second-order valence-corrected chi connectivity index (χ2v) is 10.7. The van der Waals surface area contributed by atoms with Crippen molar-refractivity contribution in [2.45, 2.75) is 38.7 Å². The molecule has 0 spiro atoms. The lowest BCUT2D eigenvalue weighted by atomic mass is 10.1. The second kappa shape index (κ2) is 8.26. The quantitative estimate of drug-likeness (QED) is 0.588. The molecule has 0 aliphatic heterocycles. The van der Waals surface area contributed by atoms with E-state index in [4.69, 9.17) is 4.98 Å². The van der Waals surface area contributed by atoms with E-state index in [1.54, 1.807) is 23.5 Å². The molecule has 0 aliphatic rings. The number of hydrogen-bond donors (Lipinski definition) is 1. The van der Waals surface area contributed by atoms with Crippen molar-refractivity contribution in [1.29, 1.82) is 0 Å². The topological polar surface area (TPSA) is 72.2 Å². The molecule has 1 aromatic carbocycles. The average Bonchev–Trinajstić information content (AvgIpc) is 3.27. The first-order valence-corrected chi connectivity index (χ1v) is 12.1. The van der Waals surface area contributed by atoms with E-state index in [9.17, 15) is 13.5 Å². The van der Waals surface area contributed by atoms with Gasteiger partial charge in [0.1, 0.15) is 10.8 Å². The Kier molecular flexibility index (Phi) is 6.12. The van der Waals surface area contributed by atoms with E-state index in [-0.39, 0.29) is 11.5 Å². The van der Waals surface area contributed by atoms with E-state index in [2.05, 4.69) is 25.0 Å². The minimum Gasteiger partial charge on any atom is -0.392 e. The van der Waals surface area contributed by atoms with Gasteiger partial charge in [0.2, 0.25) is 0 Å². The molecule has 3 rings (SSSR count). The largest absolute Gasteiger partial charge is 0.392 e. The molecule has 0 bridgehead atoms. The molecule has 29 heavy (non-hydrogen) atoms. The third-order valence-electron chi connectivity index (χ3n) is 4.56. The van der Waals surface area contributed by atoms with Crippen molar-refractivity contribution in [2.24, 2.45) is 5.92 Å². The van der Waals surface area contributed by atoms with Crippen molar-refractivity contribution in [2.75, 3.05) is 6.26 Å². The monoisotopic (exact) mass is 430 g/mol. The Morgan fingerprint density at radius 2 is 2.00 bits per heavy atom. The number of hydrogen-bond acceptors (Lipinski definition) is 5. The summed E-state index contributed by atoms with van der Waals surface area (Å²) in [6.45, 7) is 9.96. The standard InChI is InChI=1S/C22H26N2O3S2/c1-14(2)10-21-23-18(15(3)4)12-24(21)22-9-8-19(28-22)16-6-7-17(13-25)20(11-16)29(5,26)27/h6-9,11-12,14,25H,3,10,13H2,1-2,4-5H3. The summed E-state index contributed by atoms with van der Waals surface area (Å²) in [6.07, 6.45) is 4.02. The van der Waals surface area contributed by atoms with Gasteiger partial charge in [0.05, 0.1) is 17.2 Å². The van der Waals surface area contributed by atoms with E-state index in [1.807, 2.05) is 31.3 Å². The third kappa shape index (κ3) is 4.69. The van der Waals surface area contributed by atoms with Crippen molar-refractivity contribution in [1.82, 2.24) is 9.55 Å². The molecule has 3 aromatic rings. The van der Waals surface area contributed by atoms with Gasteiger partial charge in [-0.05, 0) is 47.7 Å². The van der Waals surface area contributed by atoms with Gasteiger partial charge in [-0.1, -0.05) is 32.6 Å². The maximum absolute atomic E-state index is 12.1. The summed E-state index contributed by atoms with van der Waals surface area (Å²) >= 11 is 1.57. The summed E-state index contributed by atoms with van der Waals surface area (Å²) in [4.78, 5) is 5.86. The van der Waals surface area contributed by atoms with Crippen LogP contribution in [0.1, 0.15) is 37.9 Å². The van der Waals surface area contributed by atoms with Crippen molar-refractivity contribution in [3.63, 3.8) is 0 Å². The number of sulfone groups is 1. The fraction of sp³-hybridized carbons (Fsp3) is 0.318. The third-order valence-corrected chi connectivity index (χ3v) is 6.87. The van der Waals surface area contributed by atoms with Crippen LogP contribution in [0.15, 0.2) is 48.0 Å². The normalized spacial score (nSPS) is 11.9. The SMILES string of the molecule is C=C(C)c1cn(-c2ccc(-c3ccc(CO)c(S(C)(=O)=O)c3)s2)c(CC(C)C)n1. The van der Waals surface area contributed by atoms with E-state index in [0.717, 1.165) is 45.2 Å². The Morgan fingerprint density at radius 1 is 1.28 bits per heavy atom. The number of thiophene rings is 1. The molecule has 0 atom stereocenters. The molecule has 1 N–H and O–H groups in total. The number of imidazole rings is 1. The Hall–Kier alpha value is -2.22. The maximum Gasteiger partial charge on any atom is 0.175 e. The number of aromatic nitrogens is 2. The first-order valence-electron chi connectivity index (χ1n) is 9.38. The number of benzene rings is 1. The minimum atomic E-state index is -3.43. The summed E-state index contributed by atoms with van der Waals surface area (Å²) in [6, 6.07) is 9.16. The van der Waals surface area contributed by atoms with Crippen molar-refractivity contribution in [3.05, 3.63) is 60.2 Å². The predicted octanol–water partition coefficient (Wildman–Crippen LogP) is 4.73. The Balaban J connectivity index is 2.05. The summed E-state index contributed by atoms with van der Waals surface area (Å²) in [7, 11) is -3.43. The van der Waals surface area contributed by atoms with Gasteiger partial charge < -0.3 is 5.11 Å². The van der Waals surface area contributed by atoms with Crippen LogP contribution in [0.25, 0.3) is 21.0 Å². The van der Waals surface area contributed by atoms with E-state index in [0.29, 0.717) is 11.5 Å². The van der Waals surface area contributed by atoms with E-state index in [1.165, 1.54) is 0 Å². The van der Waals surface area contributed by atoms with Gasteiger partial charge in [0, 0.05) is 23.8 Å². The van der Waals surface area contributed by atoms with Crippen molar-refractivity contribution < 1.29 is 13.5 Å². The van der Waals surface area contributed by atoms with Gasteiger partial charge in [0.15, 0.2) is 9.84 Å². The number of rotatable bonds is 7. The van der Waals surface area contributed by atoms with Crippen LogP contribution in [-0.4, -0.2) is 29.3 Å². The Morgan fingerprint density at radius 3 is 2.59 bits per heavy atom. The number of allylic oxidation sites excluding steroid dienone is 1. The van der Waals surface area contributed by atoms with Gasteiger partial charge in [-0.2, -0.15) is 0 Å². The lowest BCUT2D eigenvalue weighted by Gasteiger charge is -2.08. The molecular formula is C22H26N2O3S2. The number of nitrogens with zero attached hydrogens (tertiary/aromatic N) is 2. The van der Waals surface area contributed by atoms with Crippen LogP contribution >= 0.6 is 11.3 Å². The van der Waals surface area contributed by atoms with Gasteiger partial charge in [-0.25, -0.2) is 13.4 Å². The molecule has 0 amide bonds. The lowest BCUT2D eigenvalue weighted by molar-refractivity contribution is 0.278. The minimum absolute atomic E-state index is 0.167. The molecule has 2 heterocycles.